The van der Waals surface area contributed by atoms with Crippen molar-refractivity contribution < 1.29 is 23.2 Å². The van der Waals surface area contributed by atoms with Crippen LogP contribution in [0.3, 0.4) is 0 Å². The van der Waals surface area contributed by atoms with Gasteiger partial charge in [-0.2, -0.15) is 10.1 Å². The molecule has 0 saturated carbocycles. The average Bonchev–Trinajstić information content (AvgIpc) is 3.26. The Bertz CT molecular complexity index is 1130. The Balaban J connectivity index is 1.45. The number of nitrogens with zero attached hydrogens (tertiary/aromatic N) is 4. The highest BCUT2D eigenvalue weighted by Gasteiger charge is 2.26. The van der Waals surface area contributed by atoms with Gasteiger partial charge in [0.1, 0.15) is 23.8 Å². The Labute approximate surface area is 176 Å². The molecule has 0 spiro atoms. The molecule has 0 unspecified atom stereocenters. The molecule has 31 heavy (non-hydrogen) atoms. The number of ether oxygens (including phenoxy) is 1. The van der Waals surface area contributed by atoms with Gasteiger partial charge in [0.25, 0.3) is 5.89 Å². The van der Waals surface area contributed by atoms with Crippen LogP contribution in [0.1, 0.15) is 18.7 Å². The van der Waals surface area contributed by atoms with Gasteiger partial charge in [0.2, 0.25) is 17.6 Å². The number of aromatic nitrogens is 2. The average molecular weight is 423 g/mol. The van der Waals surface area contributed by atoms with Crippen LogP contribution in [0.5, 0.6) is 5.75 Å². The van der Waals surface area contributed by atoms with Crippen molar-refractivity contribution in [3.8, 4) is 17.1 Å². The summed E-state index contributed by atoms with van der Waals surface area (Å²) < 4.78 is 23.4. The first-order valence-corrected chi connectivity index (χ1v) is 9.43. The minimum absolute atomic E-state index is 0.146. The van der Waals surface area contributed by atoms with Crippen molar-refractivity contribution in [2.45, 2.75) is 12.8 Å². The molecule has 10 heteroatoms. The normalized spacial score (nSPS) is 13.7. The van der Waals surface area contributed by atoms with Crippen LogP contribution in [0, 0.1) is 5.82 Å². The molecule has 2 heterocycles. The van der Waals surface area contributed by atoms with Gasteiger partial charge in [0.05, 0.1) is 7.11 Å². The number of hydrogen-bond donors (Lipinski definition) is 1. The summed E-state index contributed by atoms with van der Waals surface area (Å²) in [6, 6.07) is 12.5. The molecule has 0 bridgehead atoms. The molecule has 2 amide bonds. The number of methoxy groups -OCH3 is 1. The number of benzene rings is 2. The zero-order valence-corrected chi connectivity index (χ0v) is 16.5. The molecule has 158 valence electrons. The molecule has 0 radical (unpaired) electrons. The van der Waals surface area contributed by atoms with E-state index in [1.54, 1.807) is 31.4 Å². The van der Waals surface area contributed by atoms with Crippen molar-refractivity contribution in [2.24, 2.45) is 5.10 Å². The Kier molecular flexibility index (Phi) is 5.69. The summed E-state index contributed by atoms with van der Waals surface area (Å²) in [5.74, 6) is 0.0305. The summed E-state index contributed by atoms with van der Waals surface area (Å²) >= 11 is 0. The van der Waals surface area contributed by atoms with E-state index < -0.39 is 5.91 Å². The molecule has 4 rings (SSSR count). The molecule has 2 aromatic carbocycles. The highest BCUT2D eigenvalue weighted by Crippen LogP contribution is 2.20. The summed E-state index contributed by atoms with van der Waals surface area (Å²) in [6.45, 7) is -0.257. The second kappa shape index (κ2) is 8.74. The summed E-state index contributed by atoms with van der Waals surface area (Å²) in [4.78, 5) is 28.8. The van der Waals surface area contributed by atoms with E-state index >= 15 is 0 Å². The highest BCUT2D eigenvalue weighted by molar-refractivity contribution is 6.02. The van der Waals surface area contributed by atoms with Gasteiger partial charge >= 0.3 is 0 Å². The van der Waals surface area contributed by atoms with E-state index in [0.29, 0.717) is 29.1 Å². The molecule has 1 N–H and O–H groups in total. The summed E-state index contributed by atoms with van der Waals surface area (Å²) in [5.41, 5.74) is 1.55. The molecule has 0 atom stereocenters. The molecular formula is C21H18FN5O4. The third-order valence-electron chi connectivity index (χ3n) is 4.55. The van der Waals surface area contributed by atoms with Gasteiger partial charge in [0.15, 0.2) is 0 Å². The number of halogens is 1. The predicted molar refractivity (Wildman–Crippen MR) is 109 cm³/mol. The Morgan fingerprint density at radius 2 is 1.90 bits per heavy atom. The number of nitrogens with one attached hydrogen (secondary N) is 1. The monoisotopic (exact) mass is 423 g/mol. The fraction of sp³-hybridized carbons (Fsp3) is 0.190. The van der Waals surface area contributed by atoms with E-state index in [-0.39, 0.29) is 36.4 Å². The fourth-order valence-corrected chi connectivity index (χ4v) is 2.95. The van der Waals surface area contributed by atoms with E-state index in [9.17, 15) is 14.0 Å². The van der Waals surface area contributed by atoms with Gasteiger partial charge in [-0.05, 0) is 48.5 Å². The molecule has 1 aromatic heterocycles. The SMILES string of the molecule is COc1ccc(NC(=O)CN2N=C(c3nc(-c4ccc(F)cc4)no3)CCC2=O)cc1. The third-order valence-corrected chi connectivity index (χ3v) is 4.55. The van der Waals surface area contributed by atoms with Crippen molar-refractivity contribution in [1.29, 1.82) is 0 Å². The molecule has 0 aliphatic carbocycles. The number of carbonyl (C=O) groups is 2. The van der Waals surface area contributed by atoms with Crippen LogP contribution in [-0.2, 0) is 9.59 Å². The zero-order chi connectivity index (χ0) is 21.8. The van der Waals surface area contributed by atoms with E-state index in [1.807, 2.05) is 0 Å². The Morgan fingerprint density at radius 1 is 1.16 bits per heavy atom. The highest BCUT2D eigenvalue weighted by atomic mass is 19.1. The topological polar surface area (TPSA) is 110 Å². The van der Waals surface area contributed by atoms with Crippen molar-refractivity contribution in [2.75, 3.05) is 19.0 Å². The van der Waals surface area contributed by atoms with Crippen molar-refractivity contribution >= 4 is 23.2 Å². The molecule has 0 fully saturated rings. The number of hydrazone groups is 1. The standard InChI is InChI=1S/C21H18FN5O4/c1-30-16-8-6-15(7-9-16)23-18(28)12-27-19(29)11-10-17(25-27)21-24-20(26-31-21)13-2-4-14(22)5-3-13/h2-9H,10-12H2,1H3,(H,23,28). The fourth-order valence-electron chi connectivity index (χ4n) is 2.95. The number of rotatable bonds is 6. The largest absolute Gasteiger partial charge is 0.497 e. The van der Waals surface area contributed by atoms with Gasteiger partial charge in [-0.25, -0.2) is 9.40 Å². The van der Waals surface area contributed by atoms with Crippen molar-refractivity contribution in [3.63, 3.8) is 0 Å². The second-order valence-corrected chi connectivity index (χ2v) is 6.70. The smallest absolute Gasteiger partial charge is 0.274 e. The molecule has 1 aliphatic heterocycles. The molecule has 9 nitrogen and oxygen atoms in total. The van der Waals surface area contributed by atoms with Crippen LogP contribution < -0.4 is 10.1 Å². The first kappa shape index (κ1) is 20.2. The van der Waals surface area contributed by atoms with Crippen molar-refractivity contribution in [3.05, 3.63) is 60.2 Å². The van der Waals surface area contributed by atoms with Crippen LogP contribution in [0.15, 0.2) is 58.2 Å². The number of hydrogen-bond acceptors (Lipinski definition) is 7. The third kappa shape index (κ3) is 4.74. The number of carbonyl (C=O) groups excluding carboxylic acids is 2. The maximum absolute atomic E-state index is 13.1. The molecule has 3 aromatic rings. The molecular weight excluding hydrogens is 405 g/mol. The van der Waals surface area contributed by atoms with E-state index in [1.165, 1.54) is 24.3 Å². The summed E-state index contributed by atoms with van der Waals surface area (Å²) in [6.07, 6.45) is 0.462. The van der Waals surface area contributed by atoms with Gasteiger partial charge in [0, 0.05) is 24.1 Å². The zero-order valence-electron chi connectivity index (χ0n) is 16.5. The van der Waals surface area contributed by atoms with E-state index in [4.69, 9.17) is 9.26 Å². The van der Waals surface area contributed by atoms with Crippen LogP contribution in [0.4, 0.5) is 10.1 Å². The Hall–Kier alpha value is -4.08. The number of anilines is 1. The lowest BCUT2D eigenvalue weighted by Gasteiger charge is -2.21. The lowest BCUT2D eigenvalue weighted by atomic mass is 10.1. The van der Waals surface area contributed by atoms with Crippen molar-refractivity contribution in [1.82, 2.24) is 15.1 Å². The first-order chi connectivity index (χ1) is 15.0. The van der Waals surface area contributed by atoms with Gasteiger partial charge in [-0.3, -0.25) is 9.59 Å². The van der Waals surface area contributed by atoms with Crippen LogP contribution in [-0.4, -0.2) is 46.3 Å². The summed E-state index contributed by atoms with van der Waals surface area (Å²) in [7, 11) is 1.55. The summed E-state index contributed by atoms with van der Waals surface area (Å²) in [5, 5.41) is 11.9. The van der Waals surface area contributed by atoms with E-state index in [2.05, 4.69) is 20.6 Å². The van der Waals surface area contributed by atoms with Gasteiger partial charge in [-0.15, -0.1) is 0 Å². The van der Waals surface area contributed by atoms with Gasteiger partial charge in [-0.1, -0.05) is 5.16 Å². The lowest BCUT2D eigenvalue weighted by Crippen LogP contribution is -2.38. The lowest BCUT2D eigenvalue weighted by molar-refractivity contribution is -0.135. The maximum atomic E-state index is 13.1. The minimum atomic E-state index is -0.402. The first-order valence-electron chi connectivity index (χ1n) is 9.43. The molecule has 1 aliphatic rings. The maximum Gasteiger partial charge on any atom is 0.274 e. The van der Waals surface area contributed by atoms with Crippen LogP contribution >= 0.6 is 0 Å². The Morgan fingerprint density at radius 3 is 2.61 bits per heavy atom. The predicted octanol–water partition coefficient (Wildman–Crippen LogP) is 2.85. The number of amides is 2. The van der Waals surface area contributed by atoms with Crippen LogP contribution in [0.25, 0.3) is 11.4 Å². The van der Waals surface area contributed by atoms with Crippen LogP contribution in [0.2, 0.25) is 0 Å². The van der Waals surface area contributed by atoms with Gasteiger partial charge < -0.3 is 14.6 Å². The quantitative estimate of drug-likeness (QED) is 0.653. The molecule has 0 saturated heterocycles. The second-order valence-electron chi connectivity index (χ2n) is 6.70. The van der Waals surface area contributed by atoms with E-state index in [0.717, 1.165) is 5.01 Å². The minimum Gasteiger partial charge on any atom is -0.497 e.